The maximum Gasteiger partial charge on any atom is 0.376 e. The second kappa shape index (κ2) is 9.45. The molecule has 1 rings (SSSR count). The number of urea groups is 1. The Labute approximate surface area is 91.2 Å². The van der Waals surface area contributed by atoms with Gasteiger partial charge in [-0.15, -0.1) is 0 Å². The van der Waals surface area contributed by atoms with Gasteiger partial charge >= 0.3 is 6.03 Å². The van der Waals surface area contributed by atoms with Crippen LogP contribution in [0.2, 0.25) is 0 Å². The molecule has 0 saturated heterocycles. The third-order valence-electron chi connectivity index (χ3n) is 1.07. The average molecular weight is 231 g/mol. The second-order valence-electron chi connectivity index (χ2n) is 2.40. The van der Waals surface area contributed by atoms with Crippen LogP contribution in [0.15, 0.2) is 20.7 Å². The standard InChI is InChI=1S/C4H10N4O2.C2H3N3O/c1-2-3-10-8-7-4(9)6-5;6-2-1-3-5-4-2/h2-3,5H2,1H3,(H,6,9);1H2,(H,3,4,6). The summed E-state index contributed by atoms with van der Waals surface area (Å²) in [6.45, 7) is 2.56. The minimum absolute atomic E-state index is 0.130. The molecule has 1 aliphatic heterocycles. The topological polar surface area (TPSA) is 143 Å². The minimum Gasteiger partial charge on any atom is -0.379 e. The average Bonchev–Trinajstić information content (AvgIpc) is 2.76. The SMILES string of the molecule is CCCON=NC(=O)NN.O=C1CN=NN1. The zero-order valence-electron chi connectivity index (χ0n) is 8.71. The summed E-state index contributed by atoms with van der Waals surface area (Å²) in [5, 5.41) is 12.6. The van der Waals surface area contributed by atoms with Gasteiger partial charge < -0.3 is 4.84 Å². The third-order valence-corrected chi connectivity index (χ3v) is 1.07. The Morgan fingerprint density at radius 3 is 2.88 bits per heavy atom. The van der Waals surface area contributed by atoms with Gasteiger partial charge in [0.1, 0.15) is 13.2 Å². The number of carbonyl (C=O) groups is 2. The predicted octanol–water partition coefficient (Wildman–Crippen LogP) is -0.153. The molecule has 0 unspecified atom stereocenters. The van der Waals surface area contributed by atoms with E-state index in [1.165, 1.54) is 0 Å². The minimum atomic E-state index is -0.726. The van der Waals surface area contributed by atoms with Crippen LogP contribution in [0, 0.1) is 0 Å². The van der Waals surface area contributed by atoms with Gasteiger partial charge in [-0.05, 0) is 6.42 Å². The van der Waals surface area contributed by atoms with Gasteiger partial charge in [-0.25, -0.2) is 16.1 Å². The van der Waals surface area contributed by atoms with Crippen molar-refractivity contribution in [3.63, 3.8) is 0 Å². The molecule has 0 atom stereocenters. The largest absolute Gasteiger partial charge is 0.379 e. The normalized spacial score (nSPS) is 13.0. The molecule has 0 aromatic heterocycles. The van der Waals surface area contributed by atoms with Crippen molar-refractivity contribution < 1.29 is 14.4 Å². The molecule has 0 bridgehead atoms. The van der Waals surface area contributed by atoms with Crippen LogP contribution in [0.25, 0.3) is 0 Å². The van der Waals surface area contributed by atoms with E-state index in [-0.39, 0.29) is 12.5 Å². The van der Waals surface area contributed by atoms with Crippen molar-refractivity contribution in [3.05, 3.63) is 0 Å². The molecule has 0 aliphatic carbocycles. The fourth-order valence-electron chi connectivity index (χ4n) is 0.453. The molecule has 10 heteroatoms. The summed E-state index contributed by atoms with van der Waals surface area (Å²) >= 11 is 0. The number of hydrogen-bond donors (Lipinski definition) is 3. The van der Waals surface area contributed by atoms with Crippen LogP contribution in [0.3, 0.4) is 0 Å². The van der Waals surface area contributed by atoms with Crippen molar-refractivity contribution in [3.8, 4) is 0 Å². The van der Waals surface area contributed by atoms with Crippen LogP contribution < -0.4 is 16.7 Å². The van der Waals surface area contributed by atoms with Crippen LogP contribution in [0.4, 0.5) is 4.79 Å². The summed E-state index contributed by atoms with van der Waals surface area (Å²) in [4.78, 5) is 24.6. The second-order valence-corrected chi connectivity index (χ2v) is 2.40. The van der Waals surface area contributed by atoms with E-state index in [2.05, 4.69) is 36.8 Å². The molecule has 0 saturated carbocycles. The van der Waals surface area contributed by atoms with E-state index in [1.54, 1.807) is 5.43 Å². The fourth-order valence-corrected chi connectivity index (χ4v) is 0.453. The number of nitrogens with two attached hydrogens (primary N) is 1. The van der Waals surface area contributed by atoms with Crippen molar-refractivity contribution >= 4 is 11.9 Å². The van der Waals surface area contributed by atoms with Crippen LogP contribution in [0.5, 0.6) is 0 Å². The zero-order chi connectivity index (χ0) is 12.2. The lowest BCUT2D eigenvalue weighted by Crippen LogP contribution is -2.26. The molecule has 1 aliphatic rings. The molecule has 1 heterocycles. The first kappa shape index (κ1) is 13.9. The number of amides is 3. The van der Waals surface area contributed by atoms with Gasteiger partial charge in [-0.2, -0.15) is 5.11 Å². The highest BCUT2D eigenvalue weighted by molar-refractivity contribution is 5.78. The van der Waals surface area contributed by atoms with E-state index in [1.807, 2.05) is 6.92 Å². The number of nitrogens with zero attached hydrogens (tertiary/aromatic N) is 4. The van der Waals surface area contributed by atoms with E-state index in [0.717, 1.165) is 6.42 Å². The smallest absolute Gasteiger partial charge is 0.376 e. The van der Waals surface area contributed by atoms with Gasteiger partial charge in [-0.1, -0.05) is 17.3 Å². The molecule has 10 nitrogen and oxygen atoms in total. The number of carbonyl (C=O) groups excluding carboxylic acids is 2. The molecule has 0 spiro atoms. The highest BCUT2D eigenvalue weighted by Gasteiger charge is 2.00. The van der Waals surface area contributed by atoms with Gasteiger partial charge in [0.25, 0.3) is 5.91 Å². The number of rotatable bonds is 3. The first-order chi connectivity index (χ1) is 7.70. The lowest BCUT2D eigenvalue weighted by molar-refractivity contribution is -0.118. The number of nitrogens with one attached hydrogen (secondary N) is 2. The van der Waals surface area contributed by atoms with Crippen molar-refractivity contribution in [2.45, 2.75) is 13.3 Å². The first-order valence-electron chi connectivity index (χ1n) is 4.39. The van der Waals surface area contributed by atoms with Gasteiger partial charge in [0.2, 0.25) is 0 Å². The summed E-state index contributed by atoms with van der Waals surface area (Å²) in [5.41, 5.74) is 3.90. The maximum atomic E-state index is 10.2. The van der Waals surface area contributed by atoms with Crippen molar-refractivity contribution in [1.82, 2.24) is 10.9 Å². The van der Waals surface area contributed by atoms with Crippen LogP contribution in [0.1, 0.15) is 13.3 Å². The molecule has 4 N–H and O–H groups in total. The summed E-state index contributed by atoms with van der Waals surface area (Å²) in [6, 6.07) is -0.726. The summed E-state index contributed by atoms with van der Waals surface area (Å²) < 4.78 is 0. The summed E-state index contributed by atoms with van der Waals surface area (Å²) in [7, 11) is 0. The fraction of sp³-hybridized carbons (Fsp3) is 0.667. The lowest BCUT2D eigenvalue weighted by atomic mass is 10.5. The molecule has 0 aromatic rings. The Balaban J connectivity index is 0.000000315. The zero-order valence-corrected chi connectivity index (χ0v) is 8.71. The number of hydrazine groups is 1. The van der Waals surface area contributed by atoms with E-state index < -0.39 is 6.03 Å². The molecule has 0 aromatic carbocycles. The van der Waals surface area contributed by atoms with Crippen LogP contribution in [-0.2, 0) is 9.63 Å². The summed E-state index contributed by atoms with van der Waals surface area (Å²) in [5.74, 6) is 4.55. The monoisotopic (exact) mass is 231 g/mol. The van der Waals surface area contributed by atoms with Crippen molar-refractivity contribution in [2.75, 3.05) is 13.2 Å². The molecule has 0 radical (unpaired) electrons. The van der Waals surface area contributed by atoms with Gasteiger partial charge in [0.05, 0.1) is 0 Å². The lowest BCUT2D eigenvalue weighted by Gasteiger charge is -1.90. The van der Waals surface area contributed by atoms with Gasteiger partial charge in [0, 0.05) is 5.28 Å². The molecular formula is C6H13N7O3. The van der Waals surface area contributed by atoms with Crippen molar-refractivity contribution in [2.24, 2.45) is 26.6 Å². The molecule has 16 heavy (non-hydrogen) atoms. The Bertz CT molecular complexity index is 267. The highest BCUT2D eigenvalue weighted by atomic mass is 16.6. The predicted molar refractivity (Wildman–Crippen MR) is 51.7 cm³/mol. The van der Waals surface area contributed by atoms with Gasteiger partial charge in [-0.3, -0.25) is 10.2 Å². The van der Waals surface area contributed by atoms with E-state index in [0.29, 0.717) is 6.61 Å². The van der Waals surface area contributed by atoms with E-state index >= 15 is 0 Å². The molecule has 3 amide bonds. The van der Waals surface area contributed by atoms with E-state index in [4.69, 9.17) is 0 Å². The highest BCUT2D eigenvalue weighted by Crippen LogP contribution is 1.82. The Morgan fingerprint density at radius 1 is 1.75 bits per heavy atom. The van der Waals surface area contributed by atoms with Crippen LogP contribution >= 0.6 is 0 Å². The quantitative estimate of drug-likeness (QED) is 0.204. The third kappa shape index (κ3) is 8.50. The van der Waals surface area contributed by atoms with E-state index in [9.17, 15) is 9.59 Å². The molecule has 90 valence electrons. The van der Waals surface area contributed by atoms with Crippen LogP contribution in [-0.4, -0.2) is 25.1 Å². The van der Waals surface area contributed by atoms with Gasteiger partial charge in [0.15, 0.2) is 0 Å². The van der Waals surface area contributed by atoms with Crippen molar-refractivity contribution in [1.29, 1.82) is 0 Å². The Morgan fingerprint density at radius 2 is 2.50 bits per heavy atom. The Kier molecular flexibility index (Phi) is 8.21. The first-order valence-corrected chi connectivity index (χ1v) is 4.39. The number of hydrogen-bond acceptors (Lipinski definition) is 7. The Hall–Kier alpha value is -2.10. The molecular weight excluding hydrogens is 218 g/mol. The molecule has 0 fully saturated rings. The summed E-state index contributed by atoms with van der Waals surface area (Å²) in [6.07, 6.45) is 0.823. The maximum absolute atomic E-state index is 10.2.